The highest BCUT2D eigenvalue weighted by Crippen LogP contribution is 2.23. The van der Waals surface area contributed by atoms with Crippen LogP contribution in [-0.2, 0) is 11.3 Å². The number of anilines is 1. The molecular weight excluding hydrogens is 348 g/mol. The Labute approximate surface area is 156 Å². The van der Waals surface area contributed by atoms with Gasteiger partial charge in [0.15, 0.2) is 10.6 Å². The van der Waals surface area contributed by atoms with Crippen LogP contribution in [-0.4, -0.2) is 27.8 Å². The van der Waals surface area contributed by atoms with Gasteiger partial charge in [0.1, 0.15) is 5.75 Å². The Morgan fingerprint density at radius 2 is 2.08 bits per heavy atom. The standard InChI is InChI=1S/C19H20N4O2S/c1-13-6-5-7-14(12-13)18-21-22-19(26)23(18)11-10-17(24)20-15-8-3-4-9-16(15)25-2/h3-9,12H,10-11H2,1-2H3,(H,20,24)(H,22,26). The molecule has 1 heterocycles. The number of amides is 1. The lowest BCUT2D eigenvalue weighted by atomic mass is 10.1. The van der Waals surface area contributed by atoms with Crippen molar-refractivity contribution in [2.45, 2.75) is 19.9 Å². The van der Waals surface area contributed by atoms with Crippen LogP contribution in [0.15, 0.2) is 48.5 Å². The van der Waals surface area contributed by atoms with E-state index in [2.05, 4.69) is 15.5 Å². The molecule has 3 rings (SSSR count). The van der Waals surface area contributed by atoms with Gasteiger partial charge >= 0.3 is 0 Å². The van der Waals surface area contributed by atoms with Gasteiger partial charge in [-0.25, -0.2) is 0 Å². The first kappa shape index (κ1) is 17.9. The smallest absolute Gasteiger partial charge is 0.226 e. The molecule has 0 spiro atoms. The monoisotopic (exact) mass is 368 g/mol. The molecule has 0 saturated carbocycles. The van der Waals surface area contributed by atoms with Crippen molar-refractivity contribution < 1.29 is 9.53 Å². The van der Waals surface area contributed by atoms with E-state index in [0.717, 1.165) is 17.0 Å². The largest absolute Gasteiger partial charge is 0.495 e. The summed E-state index contributed by atoms with van der Waals surface area (Å²) in [7, 11) is 1.57. The van der Waals surface area contributed by atoms with Crippen LogP contribution in [0.2, 0.25) is 0 Å². The summed E-state index contributed by atoms with van der Waals surface area (Å²) in [5, 5.41) is 9.99. The summed E-state index contributed by atoms with van der Waals surface area (Å²) in [6.07, 6.45) is 0.269. The predicted molar refractivity (Wildman–Crippen MR) is 104 cm³/mol. The highest BCUT2D eigenvalue weighted by Gasteiger charge is 2.12. The number of H-pyrrole nitrogens is 1. The fourth-order valence-corrected chi connectivity index (χ4v) is 2.93. The highest BCUT2D eigenvalue weighted by atomic mass is 32.1. The third kappa shape index (κ3) is 4.00. The first-order valence-corrected chi connectivity index (χ1v) is 8.64. The van der Waals surface area contributed by atoms with E-state index in [4.69, 9.17) is 17.0 Å². The van der Waals surface area contributed by atoms with Crippen molar-refractivity contribution >= 4 is 23.8 Å². The van der Waals surface area contributed by atoms with Crippen LogP contribution in [0.5, 0.6) is 5.75 Å². The summed E-state index contributed by atoms with van der Waals surface area (Å²) < 4.78 is 7.58. The van der Waals surface area contributed by atoms with E-state index >= 15 is 0 Å². The van der Waals surface area contributed by atoms with Crippen LogP contribution in [0, 0.1) is 11.7 Å². The second kappa shape index (κ2) is 7.97. The SMILES string of the molecule is COc1ccccc1NC(=O)CCn1c(-c2cccc(C)c2)n[nH]c1=S. The topological polar surface area (TPSA) is 71.9 Å². The van der Waals surface area contributed by atoms with Crippen LogP contribution < -0.4 is 10.1 Å². The Morgan fingerprint density at radius 3 is 2.85 bits per heavy atom. The van der Waals surface area contributed by atoms with E-state index in [9.17, 15) is 4.79 Å². The number of hydrogen-bond donors (Lipinski definition) is 2. The van der Waals surface area contributed by atoms with E-state index in [1.807, 2.05) is 47.9 Å². The lowest BCUT2D eigenvalue weighted by Crippen LogP contribution is -2.15. The van der Waals surface area contributed by atoms with Gasteiger partial charge in [-0.2, -0.15) is 5.10 Å². The molecule has 134 valence electrons. The van der Waals surface area contributed by atoms with Gasteiger partial charge in [-0.1, -0.05) is 35.9 Å². The van der Waals surface area contributed by atoms with Gasteiger partial charge in [0, 0.05) is 18.5 Å². The molecule has 0 radical (unpaired) electrons. The highest BCUT2D eigenvalue weighted by molar-refractivity contribution is 7.71. The number of aryl methyl sites for hydroxylation is 1. The molecule has 7 heteroatoms. The average Bonchev–Trinajstić information content (AvgIpc) is 3.01. The quantitative estimate of drug-likeness (QED) is 0.646. The number of rotatable bonds is 6. The summed E-state index contributed by atoms with van der Waals surface area (Å²) in [6, 6.07) is 15.3. The number of hydrogen-bond acceptors (Lipinski definition) is 4. The van der Waals surface area contributed by atoms with Crippen LogP contribution in [0.3, 0.4) is 0 Å². The number of aromatic amines is 1. The maximum atomic E-state index is 12.3. The lowest BCUT2D eigenvalue weighted by Gasteiger charge is -2.11. The van der Waals surface area contributed by atoms with Crippen molar-refractivity contribution in [2.24, 2.45) is 0 Å². The van der Waals surface area contributed by atoms with Crippen LogP contribution >= 0.6 is 12.2 Å². The van der Waals surface area contributed by atoms with E-state index in [1.165, 1.54) is 0 Å². The number of ether oxygens (including phenoxy) is 1. The van der Waals surface area contributed by atoms with Gasteiger partial charge in [-0.05, 0) is 37.3 Å². The van der Waals surface area contributed by atoms with Crippen molar-refractivity contribution in [1.82, 2.24) is 14.8 Å². The predicted octanol–water partition coefficient (Wildman–Crippen LogP) is 3.95. The van der Waals surface area contributed by atoms with Crippen LogP contribution in [0.4, 0.5) is 5.69 Å². The van der Waals surface area contributed by atoms with Crippen molar-refractivity contribution in [3.8, 4) is 17.1 Å². The molecule has 0 aliphatic heterocycles. The number of methoxy groups -OCH3 is 1. The Balaban J connectivity index is 1.73. The van der Waals surface area contributed by atoms with Crippen LogP contribution in [0.1, 0.15) is 12.0 Å². The first-order valence-electron chi connectivity index (χ1n) is 8.23. The van der Waals surface area contributed by atoms with Crippen molar-refractivity contribution in [1.29, 1.82) is 0 Å². The molecule has 0 aliphatic carbocycles. The molecule has 1 aromatic heterocycles. The average molecular weight is 368 g/mol. The number of aromatic nitrogens is 3. The van der Waals surface area contributed by atoms with Gasteiger partial charge < -0.3 is 10.1 Å². The summed E-state index contributed by atoms with van der Waals surface area (Å²) in [5.41, 5.74) is 2.74. The molecule has 2 aromatic carbocycles. The Morgan fingerprint density at radius 1 is 1.27 bits per heavy atom. The minimum atomic E-state index is -0.118. The van der Waals surface area contributed by atoms with Crippen molar-refractivity contribution in [3.63, 3.8) is 0 Å². The molecule has 0 unspecified atom stereocenters. The van der Waals surface area contributed by atoms with Gasteiger partial charge in [0.25, 0.3) is 0 Å². The number of carbonyl (C=O) groups excluding carboxylic acids is 1. The third-order valence-electron chi connectivity index (χ3n) is 3.98. The summed E-state index contributed by atoms with van der Waals surface area (Å²) in [6.45, 7) is 2.45. The normalized spacial score (nSPS) is 10.5. The van der Waals surface area contributed by atoms with E-state index < -0.39 is 0 Å². The Kier molecular flexibility index (Phi) is 5.48. The van der Waals surface area contributed by atoms with Crippen molar-refractivity contribution in [2.75, 3.05) is 12.4 Å². The zero-order valence-electron chi connectivity index (χ0n) is 14.7. The second-order valence-corrected chi connectivity index (χ2v) is 6.26. The van der Waals surface area contributed by atoms with Crippen LogP contribution in [0.25, 0.3) is 11.4 Å². The second-order valence-electron chi connectivity index (χ2n) is 5.87. The zero-order chi connectivity index (χ0) is 18.5. The molecule has 3 aromatic rings. The minimum absolute atomic E-state index is 0.118. The number of para-hydroxylation sites is 2. The van der Waals surface area contributed by atoms with Crippen molar-refractivity contribution in [3.05, 3.63) is 58.9 Å². The van der Waals surface area contributed by atoms with Gasteiger partial charge in [-0.3, -0.25) is 14.5 Å². The van der Waals surface area contributed by atoms with Gasteiger partial charge in [0.05, 0.1) is 12.8 Å². The number of nitrogens with one attached hydrogen (secondary N) is 2. The van der Waals surface area contributed by atoms with Gasteiger partial charge in [-0.15, -0.1) is 0 Å². The molecule has 0 bridgehead atoms. The van der Waals surface area contributed by atoms with E-state index in [1.54, 1.807) is 19.2 Å². The molecule has 0 fully saturated rings. The fourth-order valence-electron chi connectivity index (χ4n) is 2.70. The molecule has 0 atom stereocenters. The molecule has 26 heavy (non-hydrogen) atoms. The van der Waals surface area contributed by atoms with Gasteiger partial charge in [0.2, 0.25) is 5.91 Å². The van der Waals surface area contributed by atoms with E-state index in [-0.39, 0.29) is 12.3 Å². The minimum Gasteiger partial charge on any atom is -0.495 e. The number of benzene rings is 2. The number of carbonyl (C=O) groups is 1. The number of nitrogens with zero attached hydrogens (tertiary/aromatic N) is 2. The maximum Gasteiger partial charge on any atom is 0.226 e. The maximum absolute atomic E-state index is 12.3. The molecule has 0 saturated heterocycles. The summed E-state index contributed by atoms with van der Waals surface area (Å²) in [5.74, 6) is 1.23. The third-order valence-corrected chi connectivity index (χ3v) is 4.29. The molecule has 6 nitrogen and oxygen atoms in total. The Bertz CT molecular complexity index is 977. The molecule has 1 amide bonds. The molecular formula is C19H20N4O2S. The molecule has 0 aliphatic rings. The lowest BCUT2D eigenvalue weighted by molar-refractivity contribution is -0.116. The Hall–Kier alpha value is -2.93. The molecule has 2 N–H and O–H groups in total. The van der Waals surface area contributed by atoms with E-state index in [0.29, 0.717) is 22.8 Å². The first-order chi connectivity index (χ1) is 12.6. The summed E-state index contributed by atoms with van der Waals surface area (Å²) >= 11 is 5.32. The zero-order valence-corrected chi connectivity index (χ0v) is 15.5. The summed E-state index contributed by atoms with van der Waals surface area (Å²) in [4.78, 5) is 12.3. The fraction of sp³-hybridized carbons (Fsp3) is 0.211.